The number of thiocarbonyl (C=S) groups is 1. The molecule has 25 heavy (non-hydrogen) atoms. The second kappa shape index (κ2) is 8.15. The van der Waals surface area contributed by atoms with Crippen molar-refractivity contribution < 1.29 is 9.59 Å². The fourth-order valence-corrected chi connectivity index (χ4v) is 4.32. The van der Waals surface area contributed by atoms with Crippen LogP contribution in [-0.2, 0) is 9.59 Å². The first-order chi connectivity index (χ1) is 12.0. The molecule has 2 aliphatic rings. The van der Waals surface area contributed by atoms with Gasteiger partial charge in [-0.15, -0.1) is 0 Å². The molecule has 2 saturated heterocycles. The van der Waals surface area contributed by atoms with E-state index in [1.165, 1.54) is 23.7 Å². The van der Waals surface area contributed by atoms with Crippen molar-refractivity contribution in [3.63, 3.8) is 0 Å². The Labute approximate surface area is 158 Å². The molecule has 132 valence electrons. The maximum Gasteiger partial charge on any atom is 0.266 e. The molecular weight excluding hydrogens is 352 g/mol. The average Bonchev–Trinajstić information content (AvgIpc) is 2.89. The summed E-state index contributed by atoms with van der Waals surface area (Å²) in [5.41, 5.74) is 2.16. The van der Waals surface area contributed by atoms with Gasteiger partial charge in [-0.3, -0.25) is 14.5 Å². The Kier molecular flexibility index (Phi) is 5.91. The Morgan fingerprint density at radius 3 is 2.56 bits per heavy atom. The maximum absolute atomic E-state index is 12.6. The SMILES string of the molecule is Cc1ccc(/C=C2/SC(=S)N(CCC(=O)N3CCCCC3)C2=O)cc1. The van der Waals surface area contributed by atoms with Crippen LogP contribution in [0, 0.1) is 6.92 Å². The number of likely N-dealkylation sites (tertiary alicyclic amines) is 1. The maximum atomic E-state index is 12.6. The van der Waals surface area contributed by atoms with Gasteiger partial charge in [0.05, 0.1) is 4.91 Å². The zero-order valence-corrected chi connectivity index (χ0v) is 16.0. The third-order valence-corrected chi connectivity index (χ3v) is 5.88. The molecule has 2 heterocycles. The number of hydrogen-bond donors (Lipinski definition) is 0. The summed E-state index contributed by atoms with van der Waals surface area (Å²) < 4.78 is 0.537. The van der Waals surface area contributed by atoms with Crippen LogP contribution in [0.15, 0.2) is 29.2 Å². The van der Waals surface area contributed by atoms with Crippen LogP contribution in [0.1, 0.15) is 36.8 Å². The van der Waals surface area contributed by atoms with Gasteiger partial charge >= 0.3 is 0 Å². The molecule has 0 bridgehead atoms. The van der Waals surface area contributed by atoms with Crippen molar-refractivity contribution in [2.45, 2.75) is 32.6 Å². The number of aryl methyl sites for hydroxylation is 1. The Morgan fingerprint density at radius 1 is 1.20 bits per heavy atom. The first-order valence-corrected chi connectivity index (χ1v) is 9.87. The molecule has 3 rings (SSSR count). The number of piperidine rings is 1. The Morgan fingerprint density at radius 2 is 1.88 bits per heavy atom. The smallest absolute Gasteiger partial charge is 0.266 e. The van der Waals surface area contributed by atoms with Crippen molar-refractivity contribution in [3.8, 4) is 0 Å². The monoisotopic (exact) mass is 374 g/mol. The first-order valence-electron chi connectivity index (χ1n) is 8.64. The number of thioether (sulfide) groups is 1. The van der Waals surface area contributed by atoms with E-state index < -0.39 is 0 Å². The van der Waals surface area contributed by atoms with Gasteiger partial charge in [-0.05, 0) is 37.8 Å². The summed E-state index contributed by atoms with van der Waals surface area (Å²) in [5.74, 6) is 0.0262. The minimum atomic E-state index is -0.0954. The third kappa shape index (κ3) is 4.50. The molecule has 0 aromatic heterocycles. The summed E-state index contributed by atoms with van der Waals surface area (Å²) in [4.78, 5) is 29.0. The molecule has 2 amide bonds. The van der Waals surface area contributed by atoms with Crippen LogP contribution in [0.2, 0.25) is 0 Å². The van der Waals surface area contributed by atoms with Crippen LogP contribution >= 0.6 is 24.0 Å². The molecule has 0 N–H and O–H groups in total. The predicted octanol–water partition coefficient (Wildman–Crippen LogP) is 3.60. The Bertz CT molecular complexity index is 707. The number of benzene rings is 1. The topological polar surface area (TPSA) is 40.6 Å². The number of carbonyl (C=O) groups is 2. The van der Waals surface area contributed by atoms with Gasteiger partial charge in [-0.2, -0.15) is 0 Å². The fourth-order valence-electron chi connectivity index (χ4n) is 3.02. The summed E-state index contributed by atoms with van der Waals surface area (Å²) in [7, 11) is 0. The number of hydrogen-bond acceptors (Lipinski definition) is 4. The van der Waals surface area contributed by atoms with Gasteiger partial charge in [-0.25, -0.2) is 0 Å². The highest BCUT2D eigenvalue weighted by Gasteiger charge is 2.32. The quantitative estimate of drug-likeness (QED) is 0.596. The molecule has 0 saturated carbocycles. The molecule has 2 fully saturated rings. The highest BCUT2D eigenvalue weighted by molar-refractivity contribution is 8.26. The molecule has 1 aromatic carbocycles. The van der Waals surface area contributed by atoms with Crippen molar-refractivity contribution in [2.24, 2.45) is 0 Å². The van der Waals surface area contributed by atoms with Gasteiger partial charge in [0, 0.05) is 26.1 Å². The van der Waals surface area contributed by atoms with E-state index in [-0.39, 0.29) is 11.8 Å². The van der Waals surface area contributed by atoms with Crippen LogP contribution in [0.4, 0.5) is 0 Å². The highest BCUT2D eigenvalue weighted by atomic mass is 32.2. The van der Waals surface area contributed by atoms with E-state index in [0.29, 0.717) is 22.2 Å². The summed E-state index contributed by atoms with van der Waals surface area (Å²) in [6.45, 7) is 4.07. The van der Waals surface area contributed by atoms with E-state index in [4.69, 9.17) is 12.2 Å². The van der Waals surface area contributed by atoms with Crippen LogP contribution in [0.25, 0.3) is 6.08 Å². The second-order valence-electron chi connectivity index (χ2n) is 6.44. The number of carbonyl (C=O) groups excluding carboxylic acids is 2. The second-order valence-corrected chi connectivity index (χ2v) is 8.11. The van der Waals surface area contributed by atoms with Gasteiger partial charge < -0.3 is 4.90 Å². The molecule has 0 atom stereocenters. The van der Waals surface area contributed by atoms with Gasteiger partial charge in [0.15, 0.2) is 0 Å². The van der Waals surface area contributed by atoms with Gasteiger partial charge in [0.25, 0.3) is 5.91 Å². The van der Waals surface area contributed by atoms with E-state index in [0.717, 1.165) is 31.5 Å². The predicted molar refractivity (Wildman–Crippen MR) is 106 cm³/mol. The summed E-state index contributed by atoms with van der Waals surface area (Å²) in [5, 5.41) is 0. The number of amides is 2. The lowest BCUT2D eigenvalue weighted by Gasteiger charge is -2.27. The highest BCUT2D eigenvalue weighted by Crippen LogP contribution is 2.32. The van der Waals surface area contributed by atoms with Gasteiger partial charge in [0.2, 0.25) is 5.91 Å². The Balaban J connectivity index is 1.61. The van der Waals surface area contributed by atoms with Crippen molar-refractivity contribution in [1.29, 1.82) is 0 Å². The first kappa shape index (κ1) is 18.1. The molecule has 1 aromatic rings. The lowest BCUT2D eigenvalue weighted by atomic mass is 10.1. The largest absolute Gasteiger partial charge is 0.343 e. The third-order valence-electron chi connectivity index (χ3n) is 4.51. The molecular formula is C19H22N2O2S2. The molecule has 0 aliphatic carbocycles. The lowest BCUT2D eigenvalue weighted by Crippen LogP contribution is -2.38. The number of rotatable bonds is 4. The van der Waals surface area contributed by atoms with Crippen molar-refractivity contribution in [1.82, 2.24) is 9.80 Å². The fraction of sp³-hybridized carbons (Fsp3) is 0.421. The van der Waals surface area contributed by atoms with Crippen molar-refractivity contribution in [3.05, 3.63) is 40.3 Å². The Hall–Kier alpha value is -1.66. The molecule has 6 heteroatoms. The number of nitrogens with zero attached hydrogens (tertiary/aromatic N) is 2. The lowest BCUT2D eigenvalue weighted by molar-refractivity contribution is -0.132. The van der Waals surface area contributed by atoms with Crippen LogP contribution in [0.5, 0.6) is 0 Å². The molecule has 2 aliphatic heterocycles. The van der Waals surface area contributed by atoms with E-state index >= 15 is 0 Å². The summed E-state index contributed by atoms with van der Waals surface area (Å²) >= 11 is 6.65. The van der Waals surface area contributed by atoms with Crippen LogP contribution in [-0.4, -0.2) is 45.6 Å². The molecule has 4 nitrogen and oxygen atoms in total. The molecule has 0 radical (unpaired) electrons. The zero-order chi connectivity index (χ0) is 17.8. The normalized spacial score (nSPS) is 19.8. The van der Waals surface area contributed by atoms with Crippen LogP contribution in [0.3, 0.4) is 0 Å². The molecule has 0 spiro atoms. The van der Waals surface area contributed by atoms with E-state index in [9.17, 15) is 9.59 Å². The average molecular weight is 375 g/mol. The van der Waals surface area contributed by atoms with E-state index in [1.807, 2.05) is 42.2 Å². The minimum absolute atomic E-state index is 0.0954. The summed E-state index contributed by atoms with van der Waals surface area (Å²) in [6, 6.07) is 8.01. The summed E-state index contributed by atoms with van der Waals surface area (Å²) in [6.07, 6.45) is 5.55. The standard InChI is InChI=1S/C19H22N2O2S2/c1-14-5-7-15(8-6-14)13-16-18(23)21(19(24)25-16)12-9-17(22)20-10-3-2-4-11-20/h5-8,13H,2-4,9-12H2,1H3/b16-13+. The van der Waals surface area contributed by atoms with Crippen molar-refractivity contribution >= 4 is 46.2 Å². The van der Waals surface area contributed by atoms with Gasteiger partial charge in [0.1, 0.15) is 4.32 Å². The van der Waals surface area contributed by atoms with E-state index in [1.54, 1.807) is 4.90 Å². The van der Waals surface area contributed by atoms with Crippen LogP contribution < -0.4 is 0 Å². The zero-order valence-electron chi connectivity index (χ0n) is 14.4. The van der Waals surface area contributed by atoms with E-state index in [2.05, 4.69) is 0 Å². The molecule has 0 unspecified atom stereocenters. The minimum Gasteiger partial charge on any atom is -0.343 e. The van der Waals surface area contributed by atoms with Crippen molar-refractivity contribution in [2.75, 3.05) is 19.6 Å². The van der Waals surface area contributed by atoms with Gasteiger partial charge in [-0.1, -0.05) is 53.8 Å².